The predicted molar refractivity (Wildman–Crippen MR) is 158 cm³/mol. The second-order valence-electron chi connectivity index (χ2n) is 9.81. The number of fused-ring (bicyclic) bond motifs is 2. The zero-order chi connectivity index (χ0) is 31.6. The van der Waals surface area contributed by atoms with Crippen LogP contribution >= 0.6 is 23.2 Å². The molecule has 0 atom stereocenters. The quantitative estimate of drug-likeness (QED) is 0.117. The summed E-state index contributed by atoms with van der Waals surface area (Å²) in [4.78, 5) is 35.9. The minimum Gasteiger partial charge on any atom is -0.508 e. The Balaban J connectivity index is 0.000000274. The Hall–Kier alpha value is -4.21. The molecule has 0 aromatic heterocycles. The van der Waals surface area contributed by atoms with E-state index >= 15 is 0 Å². The van der Waals surface area contributed by atoms with Crippen molar-refractivity contribution in [2.75, 3.05) is 7.11 Å². The van der Waals surface area contributed by atoms with Gasteiger partial charge in [-0.05, 0) is 77.3 Å². The Labute approximate surface area is 252 Å². The van der Waals surface area contributed by atoms with Gasteiger partial charge in [0.15, 0.2) is 28.8 Å². The first-order chi connectivity index (χ1) is 19.6. The van der Waals surface area contributed by atoms with Crippen LogP contribution in [-0.4, -0.2) is 40.2 Å². The molecule has 0 saturated heterocycles. The fourth-order valence-electron chi connectivity index (χ4n) is 4.17. The number of aromatic hydroxyl groups is 3. The first-order valence-electron chi connectivity index (χ1n) is 12.6. The number of carbonyl (C=O) groups excluding carboxylic acids is 3. The molecule has 3 N–H and O–H groups in total. The number of hydrogen-bond acceptors (Lipinski definition) is 9. The lowest BCUT2D eigenvalue weighted by molar-refractivity contribution is 0.0595. The van der Waals surface area contributed by atoms with Crippen LogP contribution in [0.2, 0.25) is 10.0 Å². The molecule has 0 unspecified atom stereocenters. The highest BCUT2D eigenvalue weighted by atomic mass is 35.5. The van der Waals surface area contributed by atoms with E-state index in [4.69, 9.17) is 37.4 Å². The Morgan fingerprint density at radius 2 is 1.50 bits per heavy atom. The van der Waals surface area contributed by atoms with Crippen LogP contribution in [0.4, 0.5) is 0 Å². The molecule has 0 spiro atoms. The van der Waals surface area contributed by atoms with E-state index in [1.807, 2.05) is 19.9 Å². The number of Topliss-reactive ketones (excluding diaryl/α,β-unsaturated/α-hetero) is 1. The van der Waals surface area contributed by atoms with E-state index in [2.05, 4.69) is 0 Å². The van der Waals surface area contributed by atoms with Gasteiger partial charge in [-0.25, -0.2) is 9.59 Å². The number of ether oxygens (including phenoxy) is 3. The number of phenolic OH excluding ortho intramolecular Hbond substituents is 3. The number of esters is 2. The predicted octanol–water partition coefficient (Wildman–Crippen LogP) is 7.54. The number of allylic oxidation sites excluding steroid dienone is 2. The minimum atomic E-state index is -0.835. The van der Waals surface area contributed by atoms with Crippen molar-refractivity contribution < 1.29 is 43.9 Å². The van der Waals surface area contributed by atoms with Crippen LogP contribution in [0.25, 0.3) is 0 Å². The Morgan fingerprint density at radius 1 is 0.881 bits per heavy atom. The summed E-state index contributed by atoms with van der Waals surface area (Å²) in [5.74, 6) is -2.47. The molecule has 1 aliphatic rings. The molecule has 0 fully saturated rings. The summed E-state index contributed by atoms with van der Waals surface area (Å²) in [7, 11) is 1.17. The molecule has 0 saturated carbocycles. The highest BCUT2D eigenvalue weighted by Crippen LogP contribution is 2.52. The summed E-state index contributed by atoms with van der Waals surface area (Å²) in [5.41, 5.74) is 2.90. The number of methoxy groups -OCH3 is 1. The van der Waals surface area contributed by atoms with Gasteiger partial charge in [0.05, 0.1) is 12.1 Å². The molecule has 0 radical (unpaired) electrons. The number of hydrogen-bond donors (Lipinski definition) is 3. The summed E-state index contributed by atoms with van der Waals surface area (Å²) in [6.07, 6.45) is 2.69. The molecule has 1 aliphatic heterocycles. The van der Waals surface area contributed by atoms with Gasteiger partial charge in [0.25, 0.3) is 0 Å². The monoisotopic (exact) mass is 616 g/mol. The van der Waals surface area contributed by atoms with Gasteiger partial charge < -0.3 is 29.5 Å². The molecule has 11 heteroatoms. The largest absolute Gasteiger partial charge is 0.508 e. The van der Waals surface area contributed by atoms with Crippen LogP contribution in [0.5, 0.6) is 34.5 Å². The van der Waals surface area contributed by atoms with E-state index < -0.39 is 23.4 Å². The maximum absolute atomic E-state index is 12.7. The molecule has 1 heterocycles. The number of phenols is 3. The van der Waals surface area contributed by atoms with Crippen molar-refractivity contribution in [3.8, 4) is 34.5 Å². The standard InChI is InChI=1S/C18H14Cl2O7.C13H16O2/c1-5-9-16(11(20)13(22)10(5)19)26-14-6(2)8(17(23)25-4)12(21)7(3)15(14)27-18(9)24;1-9(2)4-5-12-8-11(10(3)14)6-7-13(12)15/h21-22H,1-4H3;4,6-8,15H,5H2,1-3H3. The number of carbonyl (C=O) groups is 3. The van der Waals surface area contributed by atoms with Gasteiger partial charge in [0.1, 0.15) is 27.6 Å². The molecule has 0 aliphatic carbocycles. The molecule has 3 aromatic rings. The van der Waals surface area contributed by atoms with Gasteiger partial charge in [0, 0.05) is 16.7 Å². The fourth-order valence-corrected chi connectivity index (χ4v) is 4.63. The molecule has 4 rings (SSSR count). The van der Waals surface area contributed by atoms with Crippen LogP contribution in [0.3, 0.4) is 0 Å². The normalized spacial score (nSPS) is 11.5. The van der Waals surface area contributed by atoms with Crippen LogP contribution in [0, 0.1) is 20.8 Å². The van der Waals surface area contributed by atoms with E-state index in [0.717, 1.165) is 5.56 Å². The fraction of sp³-hybridized carbons (Fsp3) is 0.258. The highest BCUT2D eigenvalue weighted by molar-refractivity contribution is 6.39. The molecule has 0 bridgehead atoms. The van der Waals surface area contributed by atoms with Crippen LogP contribution in [-0.2, 0) is 11.2 Å². The van der Waals surface area contributed by atoms with E-state index in [1.165, 1.54) is 40.4 Å². The Kier molecular flexibility index (Phi) is 9.81. The Bertz CT molecular complexity index is 1650. The number of halogens is 2. The lowest BCUT2D eigenvalue weighted by atomic mass is 10.0. The first-order valence-corrected chi connectivity index (χ1v) is 13.4. The maximum Gasteiger partial charge on any atom is 0.347 e. The molecule has 0 amide bonds. The third-order valence-corrected chi connectivity index (χ3v) is 7.42. The summed E-state index contributed by atoms with van der Waals surface area (Å²) in [5, 5.41) is 29.7. The van der Waals surface area contributed by atoms with Crippen molar-refractivity contribution in [1.82, 2.24) is 0 Å². The SMILES string of the molecule is CC(=O)c1ccc(O)c(CC=C(C)C)c1.COC(=O)c1c(C)c2c(c(C)c1O)OC(=O)c1c(C)c(Cl)c(O)c(Cl)c1O2. The van der Waals surface area contributed by atoms with Crippen molar-refractivity contribution >= 4 is 40.9 Å². The van der Waals surface area contributed by atoms with Gasteiger partial charge in [0.2, 0.25) is 0 Å². The van der Waals surface area contributed by atoms with Crippen molar-refractivity contribution in [1.29, 1.82) is 0 Å². The molecule has 3 aromatic carbocycles. The molecular formula is C31H30Cl2O9. The minimum absolute atomic E-state index is 0.0131. The average Bonchev–Trinajstić information content (AvgIpc) is 3.10. The topological polar surface area (TPSA) is 140 Å². The second-order valence-corrected chi connectivity index (χ2v) is 10.6. The summed E-state index contributed by atoms with van der Waals surface area (Å²) in [6.45, 7) is 9.97. The van der Waals surface area contributed by atoms with Crippen LogP contribution in [0.15, 0.2) is 29.8 Å². The molecule has 42 heavy (non-hydrogen) atoms. The number of benzene rings is 3. The summed E-state index contributed by atoms with van der Waals surface area (Å²) in [6, 6.07) is 4.96. The maximum atomic E-state index is 12.7. The lowest BCUT2D eigenvalue weighted by Gasteiger charge is -2.17. The molecular weight excluding hydrogens is 587 g/mol. The second kappa shape index (κ2) is 12.8. The van der Waals surface area contributed by atoms with Gasteiger partial charge in [-0.1, -0.05) is 34.9 Å². The van der Waals surface area contributed by atoms with Crippen molar-refractivity contribution in [3.63, 3.8) is 0 Å². The van der Waals surface area contributed by atoms with E-state index in [9.17, 15) is 29.7 Å². The van der Waals surface area contributed by atoms with Gasteiger partial charge in [-0.3, -0.25) is 4.79 Å². The van der Waals surface area contributed by atoms with E-state index in [0.29, 0.717) is 12.0 Å². The van der Waals surface area contributed by atoms with Crippen molar-refractivity contribution in [3.05, 3.63) is 78.8 Å². The highest BCUT2D eigenvalue weighted by Gasteiger charge is 2.35. The molecule has 222 valence electrons. The van der Waals surface area contributed by atoms with E-state index in [1.54, 1.807) is 18.2 Å². The smallest absolute Gasteiger partial charge is 0.347 e. The van der Waals surface area contributed by atoms with Crippen molar-refractivity contribution in [2.45, 2.75) is 48.0 Å². The van der Waals surface area contributed by atoms with Gasteiger partial charge in [-0.15, -0.1) is 0 Å². The lowest BCUT2D eigenvalue weighted by Crippen LogP contribution is -2.11. The first kappa shape index (κ1) is 32.3. The zero-order valence-corrected chi connectivity index (χ0v) is 25.6. The summed E-state index contributed by atoms with van der Waals surface area (Å²) < 4.78 is 15.9. The number of rotatable bonds is 4. The van der Waals surface area contributed by atoms with Gasteiger partial charge in [-0.2, -0.15) is 0 Å². The van der Waals surface area contributed by atoms with Gasteiger partial charge >= 0.3 is 11.9 Å². The Morgan fingerprint density at radius 3 is 2.07 bits per heavy atom. The average molecular weight is 617 g/mol. The third kappa shape index (κ3) is 6.17. The van der Waals surface area contributed by atoms with Crippen LogP contribution < -0.4 is 9.47 Å². The zero-order valence-electron chi connectivity index (χ0n) is 24.1. The summed E-state index contributed by atoms with van der Waals surface area (Å²) >= 11 is 12.2. The molecule has 9 nitrogen and oxygen atoms in total. The third-order valence-electron chi connectivity index (χ3n) is 6.61. The van der Waals surface area contributed by atoms with E-state index in [-0.39, 0.29) is 66.6 Å². The number of ketones is 1. The van der Waals surface area contributed by atoms with Crippen molar-refractivity contribution in [2.24, 2.45) is 0 Å². The van der Waals surface area contributed by atoms with Crippen LogP contribution in [0.1, 0.15) is 74.1 Å².